The molecule has 1 saturated carbocycles. The number of hydrogen-bond donors (Lipinski definition) is 2. The first-order valence-electron chi connectivity index (χ1n) is 8.66. The number of benzene rings is 1. The zero-order chi connectivity index (χ0) is 16.2. The summed E-state index contributed by atoms with van der Waals surface area (Å²) in [6.07, 6.45) is 5.90. The lowest BCUT2D eigenvalue weighted by Gasteiger charge is -2.30. The van der Waals surface area contributed by atoms with Crippen LogP contribution in [0.5, 0.6) is 0 Å². The van der Waals surface area contributed by atoms with Crippen LogP contribution in [-0.4, -0.2) is 35.5 Å². The number of carbonyl (C=O) groups is 1. The smallest absolute Gasteiger partial charge is 0.237 e. The topological polar surface area (TPSA) is 58.4 Å². The van der Waals surface area contributed by atoms with Crippen molar-refractivity contribution in [2.75, 3.05) is 6.54 Å². The molecule has 1 aliphatic heterocycles. The summed E-state index contributed by atoms with van der Waals surface area (Å²) < 4.78 is 13.0. The summed E-state index contributed by atoms with van der Waals surface area (Å²) in [7, 11) is 0. The molecule has 7 heteroatoms. The molecular formula is C18H28Cl2FN3O. The summed E-state index contributed by atoms with van der Waals surface area (Å²) in [5.74, 6) is -0.0787. The second-order valence-electron chi connectivity index (χ2n) is 6.88. The van der Waals surface area contributed by atoms with Crippen molar-refractivity contribution in [3.8, 4) is 0 Å². The fourth-order valence-corrected chi connectivity index (χ4v) is 3.70. The first-order chi connectivity index (χ1) is 11.1. The molecule has 1 heterocycles. The summed E-state index contributed by atoms with van der Waals surface area (Å²) >= 11 is 0. The van der Waals surface area contributed by atoms with Crippen molar-refractivity contribution in [3.63, 3.8) is 0 Å². The van der Waals surface area contributed by atoms with Gasteiger partial charge in [0.2, 0.25) is 5.91 Å². The molecule has 1 saturated heterocycles. The van der Waals surface area contributed by atoms with E-state index in [9.17, 15) is 9.18 Å². The molecule has 1 unspecified atom stereocenters. The molecule has 142 valence electrons. The van der Waals surface area contributed by atoms with Crippen molar-refractivity contribution in [1.29, 1.82) is 0 Å². The molecule has 0 bridgehead atoms. The second-order valence-corrected chi connectivity index (χ2v) is 6.88. The van der Waals surface area contributed by atoms with Gasteiger partial charge in [-0.3, -0.25) is 9.69 Å². The molecule has 1 amide bonds. The summed E-state index contributed by atoms with van der Waals surface area (Å²) in [5, 5.41) is 3.21. The Morgan fingerprint density at radius 3 is 2.40 bits per heavy atom. The highest BCUT2D eigenvalue weighted by Crippen LogP contribution is 2.22. The molecule has 2 aliphatic rings. The van der Waals surface area contributed by atoms with Crippen LogP contribution in [-0.2, 0) is 11.3 Å². The van der Waals surface area contributed by atoms with E-state index in [1.807, 2.05) is 0 Å². The minimum absolute atomic E-state index is 0. The summed E-state index contributed by atoms with van der Waals surface area (Å²) in [5.41, 5.74) is 6.97. The van der Waals surface area contributed by atoms with E-state index in [4.69, 9.17) is 5.73 Å². The highest BCUT2D eigenvalue weighted by Gasteiger charge is 2.32. The van der Waals surface area contributed by atoms with Crippen molar-refractivity contribution < 1.29 is 9.18 Å². The Labute approximate surface area is 161 Å². The van der Waals surface area contributed by atoms with Gasteiger partial charge < -0.3 is 11.1 Å². The van der Waals surface area contributed by atoms with Crippen LogP contribution in [0.4, 0.5) is 4.39 Å². The van der Waals surface area contributed by atoms with Gasteiger partial charge in [-0.25, -0.2) is 4.39 Å². The number of nitrogens with zero attached hydrogens (tertiary/aromatic N) is 1. The SMILES string of the molecule is Cl.Cl.NC1CCC(NC(=O)C2CCCN2Cc2ccc(F)cc2)CC1. The molecule has 4 nitrogen and oxygen atoms in total. The van der Waals surface area contributed by atoms with Crippen LogP contribution in [0.3, 0.4) is 0 Å². The van der Waals surface area contributed by atoms with E-state index in [1.165, 1.54) is 12.1 Å². The minimum Gasteiger partial charge on any atom is -0.352 e. The molecule has 0 aromatic heterocycles. The van der Waals surface area contributed by atoms with Gasteiger partial charge in [0.05, 0.1) is 6.04 Å². The number of amides is 1. The third-order valence-electron chi connectivity index (χ3n) is 5.08. The minimum atomic E-state index is -0.222. The number of rotatable bonds is 4. The monoisotopic (exact) mass is 391 g/mol. The van der Waals surface area contributed by atoms with E-state index in [-0.39, 0.29) is 48.6 Å². The molecule has 0 spiro atoms. The van der Waals surface area contributed by atoms with Crippen LogP contribution < -0.4 is 11.1 Å². The molecule has 1 atom stereocenters. The fraction of sp³-hybridized carbons (Fsp3) is 0.611. The maximum Gasteiger partial charge on any atom is 0.237 e. The molecular weight excluding hydrogens is 364 g/mol. The van der Waals surface area contributed by atoms with Gasteiger partial charge in [-0.2, -0.15) is 0 Å². The average molecular weight is 392 g/mol. The molecule has 1 aromatic carbocycles. The molecule has 25 heavy (non-hydrogen) atoms. The maximum absolute atomic E-state index is 13.0. The van der Waals surface area contributed by atoms with Crippen LogP contribution in [0.25, 0.3) is 0 Å². The summed E-state index contributed by atoms with van der Waals surface area (Å²) in [6, 6.07) is 7.06. The third-order valence-corrected chi connectivity index (χ3v) is 5.08. The quantitative estimate of drug-likeness (QED) is 0.828. The Balaban J connectivity index is 0.00000156. The molecule has 1 aliphatic carbocycles. The second kappa shape index (κ2) is 10.3. The van der Waals surface area contributed by atoms with Crippen molar-refractivity contribution in [1.82, 2.24) is 10.2 Å². The van der Waals surface area contributed by atoms with Crippen LogP contribution >= 0.6 is 24.8 Å². The van der Waals surface area contributed by atoms with E-state index >= 15 is 0 Å². The van der Waals surface area contributed by atoms with E-state index < -0.39 is 0 Å². The molecule has 0 radical (unpaired) electrons. The lowest BCUT2D eigenvalue weighted by molar-refractivity contribution is -0.126. The summed E-state index contributed by atoms with van der Waals surface area (Å²) in [4.78, 5) is 14.8. The van der Waals surface area contributed by atoms with Gasteiger partial charge >= 0.3 is 0 Å². The van der Waals surface area contributed by atoms with Gasteiger partial charge in [-0.05, 0) is 62.8 Å². The zero-order valence-electron chi connectivity index (χ0n) is 14.3. The number of likely N-dealkylation sites (tertiary alicyclic amines) is 1. The van der Waals surface area contributed by atoms with Gasteiger partial charge in [0, 0.05) is 18.6 Å². The Bertz CT molecular complexity index is 536. The number of halogens is 3. The largest absolute Gasteiger partial charge is 0.352 e. The van der Waals surface area contributed by atoms with Crippen molar-refractivity contribution in [3.05, 3.63) is 35.6 Å². The van der Waals surface area contributed by atoms with E-state index in [0.717, 1.165) is 50.6 Å². The van der Waals surface area contributed by atoms with Gasteiger partial charge in [0.15, 0.2) is 0 Å². The average Bonchev–Trinajstić information content (AvgIpc) is 3.00. The Morgan fingerprint density at radius 1 is 1.12 bits per heavy atom. The molecule has 3 N–H and O–H groups in total. The predicted octanol–water partition coefficient (Wildman–Crippen LogP) is 3.02. The molecule has 3 rings (SSSR count). The van der Waals surface area contributed by atoms with Gasteiger partial charge in [-0.15, -0.1) is 24.8 Å². The lowest BCUT2D eigenvalue weighted by Crippen LogP contribution is -2.48. The van der Waals surface area contributed by atoms with Crippen LogP contribution in [0.1, 0.15) is 44.1 Å². The highest BCUT2D eigenvalue weighted by molar-refractivity contribution is 5.85. The van der Waals surface area contributed by atoms with Crippen LogP contribution in [0.15, 0.2) is 24.3 Å². The van der Waals surface area contributed by atoms with Crippen molar-refractivity contribution in [2.45, 2.75) is 63.2 Å². The first-order valence-corrected chi connectivity index (χ1v) is 8.66. The van der Waals surface area contributed by atoms with E-state index in [0.29, 0.717) is 12.6 Å². The molecule has 1 aromatic rings. The predicted molar refractivity (Wildman–Crippen MR) is 103 cm³/mol. The van der Waals surface area contributed by atoms with E-state index in [2.05, 4.69) is 10.2 Å². The van der Waals surface area contributed by atoms with Crippen molar-refractivity contribution in [2.24, 2.45) is 5.73 Å². The lowest BCUT2D eigenvalue weighted by atomic mass is 9.91. The zero-order valence-corrected chi connectivity index (χ0v) is 16.0. The van der Waals surface area contributed by atoms with Gasteiger partial charge in [0.25, 0.3) is 0 Å². The Kier molecular flexibility index (Phi) is 9.14. The van der Waals surface area contributed by atoms with Gasteiger partial charge in [0.1, 0.15) is 5.82 Å². The third kappa shape index (κ3) is 6.10. The Morgan fingerprint density at radius 2 is 1.76 bits per heavy atom. The number of nitrogens with one attached hydrogen (secondary N) is 1. The van der Waals surface area contributed by atoms with Crippen molar-refractivity contribution >= 4 is 30.7 Å². The van der Waals surface area contributed by atoms with E-state index in [1.54, 1.807) is 12.1 Å². The number of hydrogen-bond acceptors (Lipinski definition) is 3. The fourth-order valence-electron chi connectivity index (χ4n) is 3.70. The van der Waals surface area contributed by atoms with Gasteiger partial charge in [-0.1, -0.05) is 12.1 Å². The molecule has 2 fully saturated rings. The number of nitrogens with two attached hydrogens (primary N) is 1. The van der Waals surface area contributed by atoms with Crippen LogP contribution in [0.2, 0.25) is 0 Å². The van der Waals surface area contributed by atoms with Crippen LogP contribution in [0, 0.1) is 5.82 Å². The number of carbonyl (C=O) groups excluding carboxylic acids is 1. The first kappa shape index (κ1) is 22.2. The highest BCUT2D eigenvalue weighted by atomic mass is 35.5. The maximum atomic E-state index is 13.0. The standard InChI is InChI=1S/C18H26FN3O.2ClH/c19-14-5-3-13(4-6-14)12-22-11-1-2-17(22)18(23)21-16-9-7-15(20)8-10-16;;/h3-6,15-17H,1-2,7-12,20H2,(H,21,23);2*1H. The summed E-state index contributed by atoms with van der Waals surface area (Å²) in [6.45, 7) is 1.62. The normalized spacial score (nSPS) is 26.4. The Hall–Kier alpha value is -0.880.